The lowest BCUT2D eigenvalue weighted by Crippen LogP contribution is -2.20. The van der Waals surface area contributed by atoms with Crippen LogP contribution in [0.15, 0.2) is 48.5 Å². The quantitative estimate of drug-likeness (QED) is 0.854. The van der Waals surface area contributed by atoms with Gasteiger partial charge in [-0.1, -0.05) is 42.5 Å². The monoisotopic (exact) mass is 284 g/mol. The van der Waals surface area contributed by atoms with Gasteiger partial charge in [0, 0.05) is 24.7 Å². The van der Waals surface area contributed by atoms with E-state index in [0.717, 1.165) is 18.7 Å². The molecule has 3 heteroatoms. The second-order valence-corrected chi connectivity index (χ2v) is 5.67. The third kappa shape index (κ3) is 4.31. The molecule has 2 rings (SSSR count). The van der Waals surface area contributed by atoms with Gasteiger partial charge < -0.3 is 15.3 Å². The molecular formula is C18H24N2O. The highest BCUT2D eigenvalue weighted by atomic mass is 16.3. The van der Waals surface area contributed by atoms with Crippen LogP contribution in [0, 0.1) is 0 Å². The molecule has 3 nitrogen and oxygen atoms in total. The largest absolute Gasteiger partial charge is 0.508 e. The molecule has 1 atom stereocenters. The van der Waals surface area contributed by atoms with Crippen LogP contribution in [0.5, 0.6) is 5.75 Å². The van der Waals surface area contributed by atoms with Crippen molar-refractivity contribution < 1.29 is 5.11 Å². The predicted molar refractivity (Wildman–Crippen MR) is 87.2 cm³/mol. The van der Waals surface area contributed by atoms with E-state index in [1.807, 2.05) is 18.2 Å². The molecule has 0 aliphatic rings. The number of nitrogens with one attached hydrogen (secondary N) is 1. The number of hydrogen-bond acceptors (Lipinski definition) is 3. The van der Waals surface area contributed by atoms with Gasteiger partial charge in [0.15, 0.2) is 0 Å². The summed E-state index contributed by atoms with van der Waals surface area (Å²) in [5.74, 6) is 0.346. The summed E-state index contributed by atoms with van der Waals surface area (Å²) in [5, 5.41) is 13.4. The Hall–Kier alpha value is -1.84. The maximum atomic E-state index is 9.91. The van der Waals surface area contributed by atoms with Gasteiger partial charge in [0.05, 0.1) is 0 Å². The molecule has 1 unspecified atom stereocenters. The van der Waals surface area contributed by atoms with E-state index in [9.17, 15) is 5.11 Å². The zero-order chi connectivity index (χ0) is 15.2. The summed E-state index contributed by atoms with van der Waals surface area (Å²) in [7, 11) is 4.16. The van der Waals surface area contributed by atoms with E-state index in [-0.39, 0.29) is 6.04 Å². The van der Waals surface area contributed by atoms with Crippen molar-refractivity contribution in [2.75, 3.05) is 14.1 Å². The Morgan fingerprint density at radius 2 is 1.62 bits per heavy atom. The van der Waals surface area contributed by atoms with E-state index < -0.39 is 0 Å². The summed E-state index contributed by atoms with van der Waals surface area (Å²) in [6.45, 7) is 3.80. The van der Waals surface area contributed by atoms with Crippen LogP contribution in [0.25, 0.3) is 0 Å². The lowest BCUT2D eigenvalue weighted by atomic mass is 10.0. The van der Waals surface area contributed by atoms with Crippen molar-refractivity contribution in [3.63, 3.8) is 0 Å². The molecule has 0 aliphatic carbocycles. The van der Waals surface area contributed by atoms with E-state index in [0.29, 0.717) is 5.75 Å². The molecule has 0 fully saturated rings. The summed E-state index contributed by atoms with van der Waals surface area (Å²) in [6, 6.07) is 16.1. The number of phenols is 1. The molecule has 2 aromatic rings. The highest BCUT2D eigenvalue weighted by Gasteiger charge is 2.10. The number of benzene rings is 2. The molecular weight excluding hydrogens is 260 g/mol. The zero-order valence-electron chi connectivity index (χ0n) is 13.0. The van der Waals surface area contributed by atoms with Crippen molar-refractivity contribution in [2.45, 2.75) is 26.1 Å². The Morgan fingerprint density at radius 1 is 1.00 bits per heavy atom. The van der Waals surface area contributed by atoms with Crippen molar-refractivity contribution in [1.82, 2.24) is 10.2 Å². The second kappa shape index (κ2) is 7.25. The van der Waals surface area contributed by atoms with E-state index >= 15 is 0 Å². The number of aromatic hydroxyl groups is 1. The standard InChI is InChI=1S/C18H24N2O/c1-14(17-10-6-7-11-18(17)21)19-12-15-8-4-5-9-16(15)13-20(2)3/h4-11,14,19,21H,12-13H2,1-3H3. The normalized spacial score (nSPS) is 12.6. The van der Waals surface area contributed by atoms with Gasteiger partial charge in [-0.05, 0) is 38.2 Å². The first kappa shape index (κ1) is 15.5. The maximum Gasteiger partial charge on any atom is 0.120 e. The average Bonchev–Trinajstić information content (AvgIpc) is 2.46. The molecule has 2 aromatic carbocycles. The Balaban J connectivity index is 2.05. The zero-order valence-corrected chi connectivity index (χ0v) is 13.0. The molecule has 0 bridgehead atoms. The fraction of sp³-hybridized carbons (Fsp3) is 0.333. The first-order valence-corrected chi connectivity index (χ1v) is 7.30. The van der Waals surface area contributed by atoms with E-state index in [2.05, 4.69) is 55.5 Å². The third-order valence-corrected chi connectivity index (χ3v) is 3.61. The van der Waals surface area contributed by atoms with Crippen molar-refractivity contribution in [1.29, 1.82) is 0 Å². The van der Waals surface area contributed by atoms with Gasteiger partial charge in [0.25, 0.3) is 0 Å². The molecule has 0 saturated carbocycles. The number of rotatable bonds is 6. The number of para-hydroxylation sites is 1. The molecule has 0 amide bonds. The van der Waals surface area contributed by atoms with Gasteiger partial charge in [0.1, 0.15) is 5.75 Å². The van der Waals surface area contributed by atoms with Gasteiger partial charge in [-0.3, -0.25) is 0 Å². The van der Waals surface area contributed by atoms with Gasteiger partial charge >= 0.3 is 0 Å². The van der Waals surface area contributed by atoms with Gasteiger partial charge in [-0.25, -0.2) is 0 Å². The molecule has 0 radical (unpaired) electrons. The topological polar surface area (TPSA) is 35.5 Å². The molecule has 0 aliphatic heterocycles. The van der Waals surface area contributed by atoms with Gasteiger partial charge in [-0.2, -0.15) is 0 Å². The van der Waals surface area contributed by atoms with Crippen molar-refractivity contribution >= 4 is 0 Å². The van der Waals surface area contributed by atoms with E-state index in [1.54, 1.807) is 6.07 Å². The maximum absolute atomic E-state index is 9.91. The summed E-state index contributed by atoms with van der Waals surface area (Å²) in [5.41, 5.74) is 3.57. The van der Waals surface area contributed by atoms with Crippen LogP contribution in [0.1, 0.15) is 29.7 Å². The summed E-state index contributed by atoms with van der Waals surface area (Å²) in [4.78, 5) is 2.17. The van der Waals surface area contributed by atoms with Crippen LogP contribution in [-0.4, -0.2) is 24.1 Å². The molecule has 0 saturated heterocycles. The van der Waals surface area contributed by atoms with Crippen LogP contribution in [0.4, 0.5) is 0 Å². The minimum Gasteiger partial charge on any atom is -0.508 e. The van der Waals surface area contributed by atoms with E-state index in [1.165, 1.54) is 11.1 Å². The van der Waals surface area contributed by atoms with Crippen LogP contribution in [0.2, 0.25) is 0 Å². The summed E-state index contributed by atoms with van der Waals surface area (Å²) in [6.07, 6.45) is 0. The molecule has 0 heterocycles. The van der Waals surface area contributed by atoms with E-state index in [4.69, 9.17) is 0 Å². The first-order valence-electron chi connectivity index (χ1n) is 7.30. The molecule has 0 aromatic heterocycles. The molecule has 112 valence electrons. The Morgan fingerprint density at radius 3 is 2.29 bits per heavy atom. The third-order valence-electron chi connectivity index (χ3n) is 3.61. The van der Waals surface area contributed by atoms with Crippen LogP contribution >= 0.6 is 0 Å². The second-order valence-electron chi connectivity index (χ2n) is 5.67. The smallest absolute Gasteiger partial charge is 0.120 e. The fourth-order valence-corrected chi connectivity index (χ4v) is 2.45. The SMILES string of the molecule is CC(NCc1ccccc1CN(C)C)c1ccccc1O. The van der Waals surface area contributed by atoms with Crippen molar-refractivity contribution in [2.24, 2.45) is 0 Å². The molecule has 0 spiro atoms. The fourth-order valence-electron chi connectivity index (χ4n) is 2.45. The lowest BCUT2D eigenvalue weighted by Gasteiger charge is -2.18. The highest BCUT2D eigenvalue weighted by Crippen LogP contribution is 2.23. The van der Waals surface area contributed by atoms with Gasteiger partial charge in [-0.15, -0.1) is 0 Å². The number of hydrogen-bond donors (Lipinski definition) is 2. The van der Waals surface area contributed by atoms with Crippen LogP contribution < -0.4 is 5.32 Å². The average molecular weight is 284 g/mol. The van der Waals surface area contributed by atoms with Crippen molar-refractivity contribution in [3.8, 4) is 5.75 Å². The Kier molecular flexibility index (Phi) is 5.37. The summed E-state index contributed by atoms with van der Waals surface area (Å²) < 4.78 is 0. The van der Waals surface area contributed by atoms with Crippen LogP contribution in [0.3, 0.4) is 0 Å². The number of phenolic OH excluding ortho intramolecular Hbond substituents is 1. The van der Waals surface area contributed by atoms with Crippen molar-refractivity contribution in [3.05, 3.63) is 65.2 Å². The minimum atomic E-state index is 0.110. The summed E-state index contributed by atoms with van der Waals surface area (Å²) >= 11 is 0. The lowest BCUT2D eigenvalue weighted by molar-refractivity contribution is 0.399. The first-order chi connectivity index (χ1) is 10.1. The number of nitrogens with zero attached hydrogens (tertiary/aromatic N) is 1. The Labute approximate surface area is 127 Å². The van der Waals surface area contributed by atoms with Gasteiger partial charge in [0.2, 0.25) is 0 Å². The highest BCUT2D eigenvalue weighted by molar-refractivity contribution is 5.34. The minimum absolute atomic E-state index is 0.110. The Bertz CT molecular complexity index is 581. The van der Waals surface area contributed by atoms with Crippen LogP contribution in [-0.2, 0) is 13.1 Å². The predicted octanol–water partition coefficient (Wildman–Crippen LogP) is 3.30. The molecule has 2 N–H and O–H groups in total. The molecule has 21 heavy (non-hydrogen) atoms.